The van der Waals surface area contributed by atoms with Gasteiger partial charge in [-0.15, -0.1) is 0 Å². The van der Waals surface area contributed by atoms with Crippen molar-refractivity contribution >= 4 is 28.4 Å². The van der Waals surface area contributed by atoms with Crippen molar-refractivity contribution in [3.8, 4) is 0 Å². The SMILES string of the molecule is Nc1ccc2[nH]c(CCCN3C(=O)c4ccccc4C3=O)cc2c1. The smallest absolute Gasteiger partial charge is 0.261 e. The lowest BCUT2D eigenvalue weighted by molar-refractivity contribution is 0.0652. The van der Waals surface area contributed by atoms with E-state index in [-0.39, 0.29) is 11.8 Å². The van der Waals surface area contributed by atoms with E-state index in [9.17, 15) is 9.59 Å². The van der Waals surface area contributed by atoms with Gasteiger partial charge in [0.05, 0.1) is 11.1 Å². The number of nitrogens with zero attached hydrogens (tertiary/aromatic N) is 1. The number of benzene rings is 2. The van der Waals surface area contributed by atoms with Crippen molar-refractivity contribution in [3.63, 3.8) is 0 Å². The molecule has 0 fully saturated rings. The Hall–Kier alpha value is -3.08. The second-order valence-electron chi connectivity index (χ2n) is 6.05. The molecule has 120 valence electrons. The van der Waals surface area contributed by atoms with Crippen LogP contribution in [0.25, 0.3) is 10.9 Å². The molecule has 3 N–H and O–H groups in total. The molecule has 1 aliphatic heterocycles. The number of H-pyrrole nitrogens is 1. The van der Waals surface area contributed by atoms with Crippen molar-refractivity contribution < 1.29 is 9.59 Å². The quantitative estimate of drug-likeness (QED) is 0.573. The summed E-state index contributed by atoms with van der Waals surface area (Å²) in [4.78, 5) is 29.3. The highest BCUT2D eigenvalue weighted by molar-refractivity contribution is 6.21. The zero-order chi connectivity index (χ0) is 16.7. The van der Waals surface area contributed by atoms with Crippen LogP contribution in [0.5, 0.6) is 0 Å². The van der Waals surface area contributed by atoms with Gasteiger partial charge in [-0.1, -0.05) is 12.1 Å². The van der Waals surface area contributed by atoms with E-state index in [0.29, 0.717) is 24.1 Å². The third-order valence-electron chi connectivity index (χ3n) is 4.41. The zero-order valence-corrected chi connectivity index (χ0v) is 13.1. The molecule has 0 unspecified atom stereocenters. The highest BCUT2D eigenvalue weighted by atomic mass is 16.2. The minimum absolute atomic E-state index is 0.194. The molecule has 2 aromatic carbocycles. The highest BCUT2D eigenvalue weighted by Gasteiger charge is 2.34. The number of carbonyl (C=O) groups is 2. The van der Waals surface area contributed by atoms with E-state index in [2.05, 4.69) is 11.1 Å². The predicted octanol–water partition coefficient (Wildman–Crippen LogP) is 2.98. The average Bonchev–Trinajstić information content (AvgIpc) is 3.09. The number of anilines is 1. The number of hydrogen-bond acceptors (Lipinski definition) is 3. The Labute approximate surface area is 139 Å². The molecule has 5 heteroatoms. The fourth-order valence-corrected chi connectivity index (χ4v) is 3.22. The molecular formula is C19H17N3O2. The maximum atomic E-state index is 12.3. The topological polar surface area (TPSA) is 79.2 Å². The van der Waals surface area contributed by atoms with Gasteiger partial charge >= 0.3 is 0 Å². The molecule has 5 nitrogen and oxygen atoms in total. The van der Waals surface area contributed by atoms with Gasteiger partial charge in [-0.05, 0) is 49.2 Å². The third kappa shape index (κ3) is 2.34. The standard InChI is InChI=1S/C19H17N3O2/c20-13-7-8-17-12(10-13)11-14(21-17)4-3-9-22-18(23)15-5-1-2-6-16(15)19(22)24/h1-2,5-8,10-11,21H,3-4,9,20H2. The maximum Gasteiger partial charge on any atom is 0.261 e. The first-order valence-corrected chi connectivity index (χ1v) is 7.96. The largest absolute Gasteiger partial charge is 0.399 e. The predicted molar refractivity (Wildman–Crippen MR) is 92.8 cm³/mol. The summed E-state index contributed by atoms with van der Waals surface area (Å²) < 4.78 is 0. The molecule has 0 saturated heterocycles. The molecule has 1 aliphatic rings. The number of aromatic amines is 1. The van der Waals surface area contributed by atoms with Crippen molar-refractivity contribution in [2.45, 2.75) is 12.8 Å². The molecule has 0 radical (unpaired) electrons. The van der Waals surface area contributed by atoms with Crippen LogP contribution in [0, 0.1) is 0 Å². The number of nitrogen functional groups attached to an aromatic ring is 1. The van der Waals surface area contributed by atoms with Crippen molar-refractivity contribution in [1.82, 2.24) is 9.88 Å². The van der Waals surface area contributed by atoms with E-state index in [1.807, 2.05) is 18.2 Å². The maximum absolute atomic E-state index is 12.3. The number of nitrogens with one attached hydrogen (secondary N) is 1. The van der Waals surface area contributed by atoms with E-state index in [0.717, 1.165) is 28.7 Å². The van der Waals surface area contributed by atoms with Crippen LogP contribution in [-0.2, 0) is 6.42 Å². The molecule has 0 bridgehead atoms. The first kappa shape index (κ1) is 14.5. The van der Waals surface area contributed by atoms with Gasteiger partial charge in [0.15, 0.2) is 0 Å². The van der Waals surface area contributed by atoms with Gasteiger partial charge < -0.3 is 10.7 Å². The summed E-state index contributed by atoms with van der Waals surface area (Å²) in [5.41, 5.74) is 9.65. The Balaban J connectivity index is 1.44. The molecule has 24 heavy (non-hydrogen) atoms. The Morgan fingerprint density at radius 2 is 1.67 bits per heavy atom. The number of imide groups is 1. The molecule has 3 aromatic rings. The summed E-state index contributed by atoms with van der Waals surface area (Å²) in [6.07, 6.45) is 1.48. The van der Waals surface area contributed by atoms with Gasteiger partial charge in [0.25, 0.3) is 11.8 Å². The molecule has 2 amide bonds. The van der Waals surface area contributed by atoms with Crippen molar-refractivity contribution in [2.24, 2.45) is 0 Å². The molecule has 0 atom stereocenters. The summed E-state index contributed by atoms with van der Waals surface area (Å²) in [5.74, 6) is -0.389. The summed E-state index contributed by atoms with van der Waals surface area (Å²) in [6.45, 7) is 0.420. The van der Waals surface area contributed by atoms with Crippen LogP contribution in [0.3, 0.4) is 0 Å². The van der Waals surface area contributed by atoms with Crippen LogP contribution in [0.4, 0.5) is 5.69 Å². The van der Waals surface area contributed by atoms with Gasteiger partial charge in [0, 0.05) is 28.8 Å². The van der Waals surface area contributed by atoms with Crippen LogP contribution in [0.15, 0.2) is 48.5 Å². The van der Waals surface area contributed by atoms with Crippen LogP contribution >= 0.6 is 0 Å². The van der Waals surface area contributed by atoms with Crippen LogP contribution < -0.4 is 5.73 Å². The average molecular weight is 319 g/mol. The van der Waals surface area contributed by atoms with Crippen molar-refractivity contribution in [2.75, 3.05) is 12.3 Å². The molecule has 2 heterocycles. The monoisotopic (exact) mass is 319 g/mol. The lowest BCUT2D eigenvalue weighted by atomic mass is 10.1. The molecule has 4 rings (SSSR count). The first-order chi connectivity index (χ1) is 11.6. The number of aryl methyl sites for hydroxylation is 1. The Bertz CT molecular complexity index is 923. The summed E-state index contributed by atoms with van der Waals surface area (Å²) in [5, 5.41) is 1.07. The van der Waals surface area contributed by atoms with E-state index in [4.69, 9.17) is 5.73 Å². The van der Waals surface area contributed by atoms with E-state index >= 15 is 0 Å². The molecular weight excluding hydrogens is 302 g/mol. The number of aromatic nitrogens is 1. The van der Waals surface area contributed by atoms with Gasteiger partial charge in [-0.25, -0.2) is 0 Å². The van der Waals surface area contributed by atoms with Crippen molar-refractivity contribution in [3.05, 3.63) is 65.4 Å². The number of fused-ring (bicyclic) bond motifs is 2. The van der Waals surface area contributed by atoms with Crippen LogP contribution in [0.2, 0.25) is 0 Å². The summed E-state index contributed by atoms with van der Waals surface area (Å²) >= 11 is 0. The minimum Gasteiger partial charge on any atom is -0.399 e. The molecule has 0 spiro atoms. The second-order valence-corrected chi connectivity index (χ2v) is 6.05. The molecule has 0 saturated carbocycles. The Kier molecular flexibility index (Phi) is 3.34. The number of rotatable bonds is 4. The second kappa shape index (κ2) is 5.53. The van der Waals surface area contributed by atoms with E-state index in [1.54, 1.807) is 24.3 Å². The van der Waals surface area contributed by atoms with Crippen LogP contribution in [0.1, 0.15) is 32.8 Å². The number of carbonyl (C=O) groups excluding carboxylic acids is 2. The fourth-order valence-electron chi connectivity index (χ4n) is 3.22. The number of amides is 2. The van der Waals surface area contributed by atoms with Gasteiger partial charge in [0.1, 0.15) is 0 Å². The minimum atomic E-state index is -0.194. The highest BCUT2D eigenvalue weighted by Crippen LogP contribution is 2.23. The molecule has 0 aliphatic carbocycles. The van der Waals surface area contributed by atoms with E-state index in [1.165, 1.54) is 4.90 Å². The van der Waals surface area contributed by atoms with Gasteiger partial charge in [-0.3, -0.25) is 14.5 Å². The molecule has 1 aromatic heterocycles. The normalized spacial score (nSPS) is 13.8. The Morgan fingerprint density at radius 3 is 2.38 bits per heavy atom. The summed E-state index contributed by atoms with van der Waals surface area (Å²) in [7, 11) is 0. The lowest BCUT2D eigenvalue weighted by Gasteiger charge is -2.13. The Morgan fingerprint density at radius 1 is 0.958 bits per heavy atom. The number of hydrogen-bond donors (Lipinski definition) is 2. The van der Waals surface area contributed by atoms with Crippen LogP contribution in [-0.4, -0.2) is 28.2 Å². The van der Waals surface area contributed by atoms with Crippen molar-refractivity contribution in [1.29, 1.82) is 0 Å². The van der Waals surface area contributed by atoms with E-state index < -0.39 is 0 Å². The van der Waals surface area contributed by atoms with Gasteiger partial charge in [0.2, 0.25) is 0 Å². The fraction of sp³-hybridized carbons (Fsp3) is 0.158. The summed E-state index contributed by atoms with van der Waals surface area (Å²) in [6, 6.07) is 14.8. The zero-order valence-electron chi connectivity index (χ0n) is 13.1. The third-order valence-corrected chi connectivity index (χ3v) is 4.41. The lowest BCUT2D eigenvalue weighted by Crippen LogP contribution is -2.30. The number of nitrogens with two attached hydrogens (primary N) is 1. The van der Waals surface area contributed by atoms with Gasteiger partial charge in [-0.2, -0.15) is 0 Å². The first-order valence-electron chi connectivity index (χ1n) is 7.96.